The number of amides is 4. The number of carboxylic acids is 2. The number of nitrogens with zero attached hydrogens (tertiary/aromatic N) is 3. The third-order valence-corrected chi connectivity index (χ3v) is 27.9. The Morgan fingerprint density at radius 3 is 1.94 bits per heavy atom. The number of furan rings is 1. The number of Topliss-reactive ketones (excluding diaryl/α,β-unsaturated/α-hetero) is 2. The molecule has 27 nitrogen and oxygen atoms in total. The summed E-state index contributed by atoms with van der Waals surface area (Å²) in [4.78, 5) is 103. The van der Waals surface area contributed by atoms with Gasteiger partial charge in [-0.3, -0.25) is 43.7 Å². The smallest absolute Gasteiger partial charge is 0.307 e. The molecule has 4 heterocycles. The molecule has 2 aromatic heterocycles. The number of nitrogens with one attached hydrogen (secondary N) is 3. The molecule has 30 heteroatoms. The van der Waals surface area contributed by atoms with Gasteiger partial charge in [0.25, 0.3) is 11.8 Å². The number of piperazine rings is 1. The van der Waals surface area contributed by atoms with Crippen LogP contribution in [-0.2, 0) is 77.3 Å². The second kappa shape index (κ2) is 50.2. The molecule has 0 radical (unpaired) electrons. The van der Waals surface area contributed by atoms with Crippen LogP contribution in [0.1, 0.15) is 140 Å². The molecule has 12 aromatic carbocycles. The van der Waals surface area contributed by atoms with Gasteiger partial charge in [-0.05, 0) is 227 Å². The quantitative estimate of drug-likeness (QED) is 0.0177. The summed E-state index contributed by atoms with van der Waals surface area (Å²) < 4.78 is 78.5. The minimum atomic E-state index is -3.82. The van der Waals surface area contributed by atoms with E-state index in [1.54, 1.807) is 49.5 Å². The van der Waals surface area contributed by atoms with Gasteiger partial charge < -0.3 is 68.8 Å². The Balaban J connectivity index is 0.000000145. The number of hydrogen-bond acceptors (Lipinski definition) is 21. The van der Waals surface area contributed by atoms with E-state index in [-0.39, 0.29) is 97.7 Å². The Morgan fingerprint density at radius 1 is 0.552 bits per heavy atom. The number of hydrogen-bond donors (Lipinski definition) is 7. The minimum absolute atomic E-state index is 0.0413. The number of para-hydroxylation sites is 2. The summed E-state index contributed by atoms with van der Waals surface area (Å²) in [6.07, 6.45) is 10.7. The van der Waals surface area contributed by atoms with Crippen LogP contribution in [-0.4, -0.2) is 151 Å². The van der Waals surface area contributed by atoms with E-state index in [1.165, 1.54) is 76.0 Å². The maximum atomic E-state index is 12.8. The Kier molecular flexibility index (Phi) is 36.9. The number of aliphatic carboxylic acids is 2. The molecule has 0 bridgehead atoms. The molecule has 1 saturated heterocycles. The van der Waals surface area contributed by atoms with Gasteiger partial charge in [0.1, 0.15) is 45.8 Å². The van der Waals surface area contributed by atoms with Crippen molar-refractivity contribution < 1.29 is 104 Å². The van der Waals surface area contributed by atoms with Crippen LogP contribution in [0.3, 0.4) is 0 Å². The Bertz CT molecular complexity index is 6940. The normalized spacial score (nSPS) is 14.2. The molecule has 4 aliphatic rings. The van der Waals surface area contributed by atoms with Crippen LogP contribution in [0.2, 0.25) is 0 Å². The van der Waals surface area contributed by atoms with Gasteiger partial charge in [-0.15, -0.1) is 0 Å². The molecular weight excluding hydrogens is 1860 g/mol. The molecule has 7 N–H and O–H groups in total. The number of ketones is 2. The highest BCUT2D eigenvalue weighted by Gasteiger charge is 2.37. The molecule has 2 unspecified atom stereocenters. The Labute approximate surface area is 834 Å². The number of benzene rings is 12. The van der Waals surface area contributed by atoms with E-state index in [4.69, 9.17) is 32.8 Å². The number of ether oxygens (including phenoxy) is 6. The van der Waals surface area contributed by atoms with Crippen LogP contribution >= 0.6 is 11.3 Å². The number of phenolic OH excluding ortho intramolecular Hbond substituents is 2. The summed E-state index contributed by atoms with van der Waals surface area (Å²) in [7, 11) is 0.950. The zero-order valence-corrected chi connectivity index (χ0v) is 82.7. The topological polar surface area (TPSA) is 376 Å². The number of methoxy groups -OCH3 is 3. The Morgan fingerprint density at radius 2 is 1.24 bits per heavy atom. The zero-order chi connectivity index (χ0) is 102. The molecule has 0 spiro atoms. The first-order valence-corrected chi connectivity index (χ1v) is 49.5. The van der Waals surface area contributed by atoms with Gasteiger partial charge in [-0.25, -0.2) is 17.8 Å². The minimum Gasteiger partial charge on any atom is -0.504 e. The molecule has 744 valence electrons. The number of rotatable bonds is 28. The average molecular weight is 1980 g/mol. The second-order valence-corrected chi connectivity index (χ2v) is 38.4. The van der Waals surface area contributed by atoms with Crippen molar-refractivity contribution in [3.05, 3.63) is 327 Å². The van der Waals surface area contributed by atoms with E-state index in [0.29, 0.717) is 96.5 Å². The van der Waals surface area contributed by atoms with Gasteiger partial charge in [-0.2, -0.15) is 4.31 Å². The first kappa shape index (κ1) is 105. The number of aromatic nitrogens is 1. The van der Waals surface area contributed by atoms with Crippen molar-refractivity contribution in [2.45, 2.75) is 136 Å². The molecular formula is C113H117FN6O21S2. The van der Waals surface area contributed by atoms with E-state index < -0.39 is 45.5 Å². The fraction of sp³-hybridized carbons (Fsp3) is 0.283. The van der Waals surface area contributed by atoms with E-state index in [9.17, 15) is 71.6 Å². The maximum Gasteiger partial charge on any atom is 0.307 e. The summed E-state index contributed by atoms with van der Waals surface area (Å²) in [6.45, 7) is 10.8. The van der Waals surface area contributed by atoms with Crippen molar-refractivity contribution in [2.24, 2.45) is 17.8 Å². The third-order valence-electron chi connectivity index (χ3n) is 25.1. The van der Waals surface area contributed by atoms with Crippen LogP contribution in [0, 0.1) is 58.2 Å². The molecule has 4 amide bonds. The molecule has 1 saturated carbocycles. The van der Waals surface area contributed by atoms with E-state index in [0.717, 1.165) is 126 Å². The van der Waals surface area contributed by atoms with Gasteiger partial charge in [0.2, 0.25) is 28.6 Å². The lowest BCUT2D eigenvalue weighted by atomic mass is 9.78. The number of carbonyl (C=O) groups is 8. The van der Waals surface area contributed by atoms with Crippen LogP contribution in [0.15, 0.2) is 258 Å². The first-order valence-electron chi connectivity index (χ1n) is 47.3. The average Bonchev–Trinajstić information content (AvgIpc) is 1.64. The number of anilines is 3. The van der Waals surface area contributed by atoms with Crippen molar-refractivity contribution in [1.82, 2.24) is 14.2 Å². The summed E-state index contributed by atoms with van der Waals surface area (Å²) in [5, 5.41) is 48.6. The van der Waals surface area contributed by atoms with Crippen molar-refractivity contribution >= 4 is 117 Å². The van der Waals surface area contributed by atoms with Gasteiger partial charge in [0, 0.05) is 91.7 Å². The number of carboxylic acid groups (broad SMARTS) is 2. The van der Waals surface area contributed by atoms with Crippen molar-refractivity contribution in [1.29, 1.82) is 0 Å². The number of aryl methyl sites for hydroxylation is 8. The summed E-state index contributed by atoms with van der Waals surface area (Å²) in [5.74, 6) is -1.25. The monoisotopic (exact) mass is 1980 g/mol. The van der Waals surface area contributed by atoms with E-state index in [2.05, 4.69) is 33.1 Å². The van der Waals surface area contributed by atoms with Gasteiger partial charge >= 0.3 is 11.9 Å². The number of phenols is 2. The maximum absolute atomic E-state index is 12.8. The number of halogens is 1. The number of thiazole rings is 1. The van der Waals surface area contributed by atoms with Crippen LogP contribution in [0.5, 0.6) is 46.0 Å². The van der Waals surface area contributed by atoms with Crippen molar-refractivity contribution in [3.8, 4) is 46.0 Å². The number of carbonyl (C=O) groups excluding carboxylic acids is 6. The van der Waals surface area contributed by atoms with E-state index in [1.807, 2.05) is 211 Å². The third kappa shape index (κ3) is 29.2. The fourth-order valence-corrected chi connectivity index (χ4v) is 19.4. The number of sulfonamides is 1. The van der Waals surface area contributed by atoms with Crippen LogP contribution in [0.4, 0.5) is 20.9 Å². The highest BCUT2D eigenvalue weighted by Crippen LogP contribution is 2.41. The highest BCUT2D eigenvalue weighted by atomic mass is 32.2. The van der Waals surface area contributed by atoms with Crippen molar-refractivity contribution in [2.75, 3.05) is 76.9 Å². The zero-order valence-electron chi connectivity index (χ0n) is 81.0. The summed E-state index contributed by atoms with van der Waals surface area (Å²) >= 11 is 1.38. The highest BCUT2D eigenvalue weighted by molar-refractivity contribution is 7.89. The molecule has 143 heavy (non-hydrogen) atoms. The molecule has 3 atom stereocenters. The SMILES string of the molecule is COc1cc2c(cc1NC(=O)Cc1ccc(C)cc1)oc1ccccc12.COc1cccc(CC(=O)c2ccc3c(c2)CCCC3)c1.COc1ccccc1C(=O)Nc1nc2cc3c(cc2s1)OCO3.Cc1ccc(NC(=O)C2CCCCC2C(=O)O)cc1C.Cc1ccc(OCC(=O)N2CCN(S(=O)(=O)c3ccc(O)c(O)c3)CC2)c(C)c1.O=C(CCCc1ccc(F)cc1)C[C@@H](Cc1ccccc1)C(=O)O. The Hall–Kier alpha value is -15.3. The van der Waals surface area contributed by atoms with Gasteiger partial charge in [0.05, 0.1) is 71.9 Å². The fourth-order valence-electron chi connectivity index (χ4n) is 17.1. The van der Waals surface area contributed by atoms with Gasteiger partial charge in [0.15, 0.2) is 40.5 Å². The predicted molar refractivity (Wildman–Crippen MR) is 549 cm³/mol. The molecule has 2 aliphatic heterocycles. The predicted octanol–water partition coefficient (Wildman–Crippen LogP) is 21.2. The number of fused-ring (bicyclic) bond motifs is 6. The summed E-state index contributed by atoms with van der Waals surface area (Å²) in [6, 6.07) is 74.6. The summed E-state index contributed by atoms with van der Waals surface area (Å²) in [5.41, 5.74) is 17.1. The lowest BCUT2D eigenvalue weighted by molar-refractivity contribution is -0.147. The van der Waals surface area contributed by atoms with Gasteiger partial charge in [-0.1, -0.05) is 175 Å². The first-order chi connectivity index (χ1) is 68.8. The van der Waals surface area contributed by atoms with Crippen molar-refractivity contribution in [3.63, 3.8) is 0 Å². The van der Waals surface area contributed by atoms with Crippen LogP contribution in [0.25, 0.3) is 32.2 Å². The molecule has 2 fully saturated rings. The lowest BCUT2D eigenvalue weighted by Gasteiger charge is -2.34. The molecule has 2 aliphatic carbocycles. The largest absolute Gasteiger partial charge is 0.504 e. The van der Waals surface area contributed by atoms with E-state index >= 15 is 0 Å². The lowest BCUT2D eigenvalue weighted by Crippen LogP contribution is -2.51. The number of aromatic hydroxyl groups is 2. The molecule has 18 rings (SSSR count). The second-order valence-electron chi connectivity index (χ2n) is 35.4. The standard InChI is InChI=1S/C22H19NO3.C20H21FO3.C20H24N2O6S.C19H20O2.C16H12N2O4S.C16H21NO3/c1-14-7-9-15(10-8-14)11-22(24)23-18-13-20-17(12-21(18)25-2)16-5-3-4-6-19(16)26-20;21-18-11-9-15(10-12-18)7-4-8-19(22)14-17(20(23)24)13-16-5-2-1-3-6-16;1-14-3-6-19(15(2)11-14)28-13-20(25)21-7-9-22(10-8-21)29(26,27)16-4-5-17(23)18(24)12-16;1-21-18-8-4-5-14(11-18)12-19(20)17-10-9-15-6-2-3-7-16(15)13-17;1-20-11-5-3-2-4-9(11)15(19)18-16-17-10-6-12-13(22-8-21-12)7-14(10)23-16;1-10-7-8-12(9-11(10)2)17-15(18)13-5-3-4-6-14(13)16(19)20/h3-10,12-13H,11H2,1-2H3,(H,23,24);1-3,5-6,9-12,17H,4,7-8,13-14H2,(H,23,24);3-6,11-12,23-24H,7-10,13H2,1-2H3;4-5,8-11,13H,2-3,6-7,12H2,1H3;2-7H,8H2,1H3,(H,17,18,19);7-9,13-14H,3-6H2,1-2H3,(H,17,18)(H,19,20)/t;17-;;;;/m.1..../s1. The molecule has 14 aromatic rings. The van der Waals surface area contributed by atoms with Crippen LogP contribution < -0.4 is 44.4 Å².